The Morgan fingerprint density at radius 3 is 2.29 bits per heavy atom. The molecule has 1 heterocycles. The van der Waals surface area contributed by atoms with Gasteiger partial charge in [0, 0.05) is 26.2 Å². The Morgan fingerprint density at radius 2 is 1.88 bits per heavy atom. The second kappa shape index (κ2) is 6.00. The SMILES string of the molecule is CCN(CC)C(=O)CN1CC(C)C(C(=O)O)C1. The molecule has 98 valence electrons. The van der Waals surface area contributed by atoms with Crippen LogP contribution in [0.3, 0.4) is 0 Å². The van der Waals surface area contributed by atoms with Gasteiger partial charge in [-0.05, 0) is 19.8 Å². The molecule has 2 unspecified atom stereocenters. The Labute approximate surface area is 102 Å². The van der Waals surface area contributed by atoms with Gasteiger partial charge in [-0.1, -0.05) is 6.92 Å². The van der Waals surface area contributed by atoms with E-state index in [9.17, 15) is 9.59 Å². The minimum absolute atomic E-state index is 0.0910. The molecule has 5 heteroatoms. The highest BCUT2D eigenvalue weighted by atomic mass is 16.4. The van der Waals surface area contributed by atoms with Gasteiger partial charge in [-0.3, -0.25) is 14.5 Å². The van der Waals surface area contributed by atoms with Crippen molar-refractivity contribution in [2.45, 2.75) is 20.8 Å². The maximum absolute atomic E-state index is 11.9. The smallest absolute Gasteiger partial charge is 0.308 e. The summed E-state index contributed by atoms with van der Waals surface area (Å²) in [4.78, 5) is 26.6. The number of likely N-dealkylation sites (tertiary alicyclic amines) is 1. The van der Waals surface area contributed by atoms with Gasteiger partial charge in [-0.15, -0.1) is 0 Å². The Kier molecular flexibility index (Phi) is 4.93. The quantitative estimate of drug-likeness (QED) is 0.763. The summed E-state index contributed by atoms with van der Waals surface area (Å²) >= 11 is 0. The lowest BCUT2D eigenvalue weighted by atomic mass is 9.99. The fourth-order valence-electron chi connectivity index (χ4n) is 2.39. The van der Waals surface area contributed by atoms with Crippen LogP contribution in [-0.2, 0) is 9.59 Å². The number of carboxylic acid groups (broad SMARTS) is 1. The van der Waals surface area contributed by atoms with Gasteiger partial charge in [-0.2, -0.15) is 0 Å². The highest BCUT2D eigenvalue weighted by molar-refractivity contribution is 5.78. The second-order valence-electron chi connectivity index (χ2n) is 4.68. The van der Waals surface area contributed by atoms with Crippen LogP contribution in [0.4, 0.5) is 0 Å². The zero-order chi connectivity index (χ0) is 13.0. The van der Waals surface area contributed by atoms with Gasteiger partial charge in [-0.25, -0.2) is 0 Å². The first-order chi connectivity index (χ1) is 7.99. The van der Waals surface area contributed by atoms with Crippen molar-refractivity contribution in [1.82, 2.24) is 9.80 Å². The Balaban J connectivity index is 2.49. The van der Waals surface area contributed by atoms with Crippen LogP contribution in [0.1, 0.15) is 20.8 Å². The maximum atomic E-state index is 11.9. The molecule has 0 radical (unpaired) electrons. The number of carboxylic acids is 1. The summed E-state index contributed by atoms with van der Waals surface area (Å²) in [6.45, 7) is 8.79. The molecule has 0 aromatic heterocycles. The highest BCUT2D eigenvalue weighted by Gasteiger charge is 2.35. The van der Waals surface area contributed by atoms with E-state index in [-0.39, 0.29) is 17.7 Å². The molecule has 1 rings (SSSR count). The molecule has 0 bridgehead atoms. The first-order valence-electron chi connectivity index (χ1n) is 6.22. The standard InChI is InChI=1S/C12H22N2O3/c1-4-14(5-2)11(15)8-13-6-9(3)10(7-13)12(16)17/h9-10H,4-8H2,1-3H3,(H,16,17). The van der Waals surface area contributed by atoms with Gasteiger partial charge < -0.3 is 10.0 Å². The number of amides is 1. The minimum atomic E-state index is -0.754. The number of aliphatic carboxylic acids is 1. The van der Waals surface area contributed by atoms with Gasteiger partial charge in [0.05, 0.1) is 12.5 Å². The molecule has 0 aliphatic carbocycles. The normalized spacial score (nSPS) is 24.9. The molecule has 17 heavy (non-hydrogen) atoms. The van der Waals surface area contributed by atoms with Gasteiger partial charge in [0.2, 0.25) is 5.91 Å². The summed E-state index contributed by atoms with van der Waals surface area (Å²) in [5, 5.41) is 9.02. The van der Waals surface area contributed by atoms with Crippen molar-refractivity contribution in [2.75, 3.05) is 32.7 Å². The number of carbonyl (C=O) groups excluding carboxylic acids is 1. The fourth-order valence-corrected chi connectivity index (χ4v) is 2.39. The molecule has 0 saturated carbocycles. The predicted octanol–water partition coefficient (Wildman–Crippen LogP) is 0.507. The van der Waals surface area contributed by atoms with E-state index in [0.29, 0.717) is 32.7 Å². The zero-order valence-electron chi connectivity index (χ0n) is 10.8. The first-order valence-corrected chi connectivity index (χ1v) is 6.22. The van der Waals surface area contributed by atoms with Crippen molar-refractivity contribution in [1.29, 1.82) is 0 Å². The lowest BCUT2D eigenvalue weighted by Gasteiger charge is -2.22. The Hall–Kier alpha value is -1.10. The number of hydrogen-bond acceptors (Lipinski definition) is 3. The minimum Gasteiger partial charge on any atom is -0.481 e. The third-order valence-corrected chi connectivity index (χ3v) is 3.48. The summed E-state index contributed by atoms with van der Waals surface area (Å²) < 4.78 is 0. The largest absolute Gasteiger partial charge is 0.481 e. The molecule has 1 saturated heterocycles. The second-order valence-corrected chi connectivity index (χ2v) is 4.68. The summed E-state index contributed by atoms with van der Waals surface area (Å²) in [6, 6.07) is 0. The van der Waals surface area contributed by atoms with Crippen LogP contribution in [0, 0.1) is 11.8 Å². The van der Waals surface area contributed by atoms with E-state index in [2.05, 4.69) is 0 Å². The molecular weight excluding hydrogens is 220 g/mol. The van der Waals surface area contributed by atoms with Crippen molar-refractivity contribution >= 4 is 11.9 Å². The molecule has 2 atom stereocenters. The van der Waals surface area contributed by atoms with Crippen LogP contribution < -0.4 is 0 Å². The number of rotatable bonds is 5. The molecule has 0 spiro atoms. The third-order valence-electron chi connectivity index (χ3n) is 3.48. The molecular formula is C12H22N2O3. The van der Waals surface area contributed by atoms with Crippen LogP contribution in [-0.4, -0.2) is 59.5 Å². The number of carbonyl (C=O) groups is 2. The van der Waals surface area contributed by atoms with Crippen molar-refractivity contribution in [3.63, 3.8) is 0 Å². The van der Waals surface area contributed by atoms with Crippen LogP contribution in [0.2, 0.25) is 0 Å². The van der Waals surface area contributed by atoms with Crippen LogP contribution in [0.5, 0.6) is 0 Å². The summed E-state index contributed by atoms with van der Waals surface area (Å²) in [6.07, 6.45) is 0. The Morgan fingerprint density at radius 1 is 1.29 bits per heavy atom. The average Bonchev–Trinajstić information content (AvgIpc) is 2.61. The van der Waals surface area contributed by atoms with Crippen molar-refractivity contribution in [2.24, 2.45) is 11.8 Å². The first kappa shape index (κ1) is 14.0. The van der Waals surface area contributed by atoms with E-state index >= 15 is 0 Å². The van der Waals surface area contributed by atoms with Crippen LogP contribution in [0.25, 0.3) is 0 Å². The molecule has 1 amide bonds. The van der Waals surface area contributed by atoms with Gasteiger partial charge in [0.1, 0.15) is 0 Å². The lowest BCUT2D eigenvalue weighted by Crippen LogP contribution is -2.39. The van der Waals surface area contributed by atoms with Crippen LogP contribution >= 0.6 is 0 Å². The molecule has 1 aliphatic rings. The summed E-state index contributed by atoms with van der Waals surface area (Å²) in [5.41, 5.74) is 0. The van der Waals surface area contributed by atoms with E-state index in [4.69, 9.17) is 5.11 Å². The van der Waals surface area contributed by atoms with E-state index in [1.807, 2.05) is 25.7 Å². The van der Waals surface area contributed by atoms with Gasteiger partial charge in [0.25, 0.3) is 0 Å². The average molecular weight is 242 g/mol. The number of hydrogen-bond donors (Lipinski definition) is 1. The molecule has 5 nitrogen and oxygen atoms in total. The van der Waals surface area contributed by atoms with E-state index in [1.54, 1.807) is 4.90 Å². The molecule has 1 fully saturated rings. The molecule has 1 N–H and O–H groups in total. The monoisotopic (exact) mass is 242 g/mol. The predicted molar refractivity (Wildman–Crippen MR) is 64.7 cm³/mol. The summed E-state index contributed by atoms with van der Waals surface area (Å²) in [5.74, 6) is -0.875. The topological polar surface area (TPSA) is 60.9 Å². The van der Waals surface area contributed by atoms with Crippen molar-refractivity contribution in [3.8, 4) is 0 Å². The number of likely N-dealkylation sites (N-methyl/N-ethyl adjacent to an activating group) is 1. The highest BCUT2D eigenvalue weighted by Crippen LogP contribution is 2.22. The van der Waals surface area contributed by atoms with Gasteiger partial charge in [0.15, 0.2) is 0 Å². The fraction of sp³-hybridized carbons (Fsp3) is 0.833. The maximum Gasteiger partial charge on any atom is 0.308 e. The molecule has 1 aliphatic heterocycles. The number of nitrogens with zero attached hydrogens (tertiary/aromatic N) is 2. The van der Waals surface area contributed by atoms with Crippen molar-refractivity contribution in [3.05, 3.63) is 0 Å². The lowest BCUT2D eigenvalue weighted by molar-refractivity contribution is -0.142. The molecule has 0 aromatic rings. The summed E-state index contributed by atoms with van der Waals surface area (Å²) in [7, 11) is 0. The molecule has 0 aromatic carbocycles. The van der Waals surface area contributed by atoms with E-state index < -0.39 is 5.97 Å². The van der Waals surface area contributed by atoms with E-state index in [1.165, 1.54) is 0 Å². The van der Waals surface area contributed by atoms with Gasteiger partial charge >= 0.3 is 5.97 Å². The Bertz CT molecular complexity index is 289. The van der Waals surface area contributed by atoms with E-state index in [0.717, 1.165) is 0 Å². The third kappa shape index (κ3) is 3.43. The van der Waals surface area contributed by atoms with Crippen LogP contribution in [0.15, 0.2) is 0 Å². The zero-order valence-corrected chi connectivity index (χ0v) is 10.8. The van der Waals surface area contributed by atoms with Crippen molar-refractivity contribution < 1.29 is 14.7 Å².